The summed E-state index contributed by atoms with van der Waals surface area (Å²) in [4.78, 5) is 35.0. The first-order valence-corrected chi connectivity index (χ1v) is 6.19. The molecule has 0 N–H and O–H groups in total. The van der Waals surface area contributed by atoms with Gasteiger partial charge in [-0.15, -0.1) is 0 Å². The second-order valence-electron chi connectivity index (χ2n) is 5.24. The Bertz CT molecular complexity index is 784. The highest BCUT2D eigenvalue weighted by Gasteiger charge is 2.43. The van der Waals surface area contributed by atoms with Gasteiger partial charge in [0.2, 0.25) is 0 Å². The van der Waals surface area contributed by atoms with Gasteiger partial charge < -0.3 is 13.9 Å². The van der Waals surface area contributed by atoms with Crippen LogP contribution in [0.2, 0.25) is 0 Å². The summed E-state index contributed by atoms with van der Waals surface area (Å²) >= 11 is 0. The molecule has 1 atom stereocenters. The number of Topliss-reactive ketones (excluding diaryl/α,β-unsaturated/α-hetero) is 1. The van der Waals surface area contributed by atoms with Crippen LogP contribution >= 0.6 is 0 Å². The van der Waals surface area contributed by atoms with Crippen LogP contribution in [0.4, 0.5) is 0 Å². The van der Waals surface area contributed by atoms with E-state index in [-0.39, 0.29) is 11.4 Å². The fourth-order valence-corrected chi connectivity index (χ4v) is 2.48. The van der Waals surface area contributed by atoms with Crippen LogP contribution in [0.5, 0.6) is 5.75 Å². The van der Waals surface area contributed by atoms with Crippen LogP contribution in [0, 0.1) is 0 Å². The number of carbonyl (C=O) groups excluding carboxylic acids is 2. The number of fused-ring (bicyclic) bond motifs is 3. The highest BCUT2D eigenvalue weighted by Crippen LogP contribution is 2.41. The smallest absolute Gasteiger partial charge is 0.336 e. The van der Waals surface area contributed by atoms with E-state index in [4.69, 9.17) is 9.15 Å². The van der Waals surface area contributed by atoms with E-state index in [2.05, 4.69) is 0 Å². The minimum atomic E-state index is -1.08. The van der Waals surface area contributed by atoms with Gasteiger partial charge in [-0.1, -0.05) is 0 Å². The monoisotopic (exact) mass is 272 g/mol. The third kappa shape index (κ3) is 1.66. The van der Waals surface area contributed by atoms with E-state index in [9.17, 15) is 14.4 Å². The minimum absolute atomic E-state index is 0.232. The van der Waals surface area contributed by atoms with Crippen molar-refractivity contribution in [3.8, 4) is 5.75 Å². The maximum absolute atomic E-state index is 12.3. The molecule has 1 aliphatic rings. The van der Waals surface area contributed by atoms with Gasteiger partial charge in [0.05, 0.1) is 5.56 Å². The van der Waals surface area contributed by atoms with E-state index in [1.165, 1.54) is 6.07 Å². The molecule has 0 bridgehead atoms. The van der Waals surface area contributed by atoms with Crippen molar-refractivity contribution in [2.24, 2.45) is 0 Å². The average molecular weight is 272 g/mol. The van der Waals surface area contributed by atoms with Gasteiger partial charge in [-0.2, -0.15) is 0 Å². The highest BCUT2D eigenvalue weighted by atomic mass is 16.5. The largest absolute Gasteiger partial charge is 0.480 e. The predicted molar refractivity (Wildman–Crippen MR) is 71.0 cm³/mol. The predicted octanol–water partition coefficient (Wildman–Crippen LogP) is 1.82. The lowest BCUT2D eigenvalue weighted by molar-refractivity contribution is -0.137. The summed E-state index contributed by atoms with van der Waals surface area (Å²) < 4.78 is 10.8. The molecule has 0 radical (unpaired) electrons. The fraction of sp³-hybridized carbons (Fsp3) is 0.267. The van der Waals surface area contributed by atoms with Crippen LogP contribution in [0.3, 0.4) is 0 Å². The first-order chi connectivity index (χ1) is 9.44. The topological polar surface area (TPSA) is 73.6 Å². The second kappa shape index (κ2) is 4.03. The Labute approximate surface area is 114 Å². The van der Waals surface area contributed by atoms with Crippen molar-refractivity contribution in [3.63, 3.8) is 0 Å². The van der Waals surface area contributed by atoms with E-state index in [0.717, 1.165) is 0 Å². The van der Waals surface area contributed by atoms with Crippen molar-refractivity contribution in [1.82, 2.24) is 0 Å². The zero-order chi connectivity index (χ0) is 14.5. The van der Waals surface area contributed by atoms with Crippen LogP contribution in [0.1, 0.15) is 25.3 Å². The normalized spacial score (nSPS) is 20.3. The summed E-state index contributed by atoms with van der Waals surface area (Å²) in [6.45, 7) is 3.22. The third-order valence-corrected chi connectivity index (χ3v) is 3.48. The zero-order valence-corrected chi connectivity index (χ0v) is 11.0. The first-order valence-electron chi connectivity index (χ1n) is 6.19. The number of benzene rings is 1. The molecular formula is C15H12O5. The van der Waals surface area contributed by atoms with Gasteiger partial charge in [0.1, 0.15) is 23.5 Å². The summed E-state index contributed by atoms with van der Waals surface area (Å²) in [5.74, 6) is -0.935. The van der Waals surface area contributed by atoms with E-state index < -0.39 is 17.1 Å². The number of hydrogen-bond acceptors (Lipinski definition) is 5. The molecule has 0 amide bonds. The molecule has 1 aromatic carbocycles. The average Bonchev–Trinajstić information content (AvgIpc) is 2.40. The molecule has 0 aliphatic carbocycles. The van der Waals surface area contributed by atoms with Crippen LogP contribution in [-0.4, -0.2) is 17.7 Å². The quantitative estimate of drug-likeness (QED) is 0.449. The molecule has 2 heterocycles. The van der Waals surface area contributed by atoms with Gasteiger partial charge in [-0.3, -0.25) is 4.79 Å². The Morgan fingerprint density at radius 3 is 2.55 bits per heavy atom. The van der Waals surface area contributed by atoms with Crippen molar-refractivity contribution in [2.45, 2.75) is 25.4 Å². The summed E-state index contributed by atoms with van der Waals surface area (Å²) in [6, 6.07) is 6.29. The molecular weight excluding hydrogens is 260 g/mol. The van der Waals surface area contributed by atoms with Gasteiger partial charge in [-0.25, -0.2) is 4.79 Å². The highest BCUT2D eigenvalue weighted by molar-refractivity contribution is 6.08. The van der Waals surface area contributed by atoms with Gasteiger partial charge in [-0.05, 0) is 32.0 Å². The molecule has 1 aromatic heterocycles. The van der Waals surface area contributed by atoms with Crippen molar-refractivity contribution in [2.75, 3.05) is 0 Å². The van der Waals surface area contributed by atoms with Gasteiger partial charge in [0, 0.05) is 11.5 Å². The number of ether oxygens (including phenoxy) is 1. The Morgan fingerprint density at radius 1 is 1.15 bits per heavy atom. The molecule has 0 fully saturated rings. The molecule has 5 nitrogen and oxygen atoms in total. The van der Waals surface area contributed by atoms with Crippen molar-refractivity contribution in [1.29, 1.82) is 0 Å². The molecule has 1 unspecified atom stereocenters. The Morgan fingerprint density at radius 2 is 1.85 bits per heavy atom. The van der Waals surface area contributed by atoms with Crippen molar-refractivity contribution >= 4 is 23.0 Å². The number of hydrogen-bond donors (Lipinski definition) is 0. The maximum atomic E-state index is 12.3. The van der Waals surface area contributed by atoms with Crippen molar-refractivity contribution < 1.29 is 18.7 Å². The van der Waals surface area contributed by atoms with Gasteiger partial charge in [0.15, 0.2) is 11.4 Å². The molecule has 3 rings (SSSR count). The first kappa shape index (κ1) is 12.6. The lowest BCUT2D eigenvalue weighted by Gasteiger charge is -2.34. The number of ketones is 1. The Hall–Kier alpha value is -2.43. The van der Waals surface area contributed by atoms with Crippen LogP contribution in [0.15, 0.2) is 33.5 Å². The van der Waals surface area contributed by atoms with E-state index in [1.807, 2.05) is 0 Å². The van der Waals surface area contributed by atoms with Crippen LogP contribution in [0.25, 0.3) is 11.0 Å². The minimum Gasteiger partial charge on any atom is -0.480 e. The lowest BCUT2D eigenvalue weighted by Crippen LogP contribution is -2.45. The Balaban J connectivity index is 2.39. The molecule has 102 valence electrons. The number of aldehydes is 1. The maximum Gasteiger partial charge on any atom is 0.336 e. The second-order valence-corrected chi connectivity index (χ2v) is 5.24. The molecule has 1 aliphatic heterocycles. The lowest BCUT2D eigenvalue weighted by atomic mass is 9.83. The number of carbonyl (C=O) groups is 2. The van der Waals surface area contributed by atoms with Gasteiger partial charge in [0.25, 0.3) is 0 Å². The standard InChI is InChI=1S/C15H12O5/c1-15(2)14(18)9(7-16)12-10(20-15)5-3-8-4-6-11(17)19-13(8)12/h3-7,9H,1-2H3. The third-order valence-electron chi connectivity index (χ3n) is 3.48. The molecule has 2 aromatic rings. The van der Waals surface area contributed by atoms with E-state index in [0.29, 0.717) is 23.0 Å². The van der Waals surface area contributed by atoms with Gasteiger partial charge >= 0.3 is 5.63 Å². The van der Waals surface area contributed by atoms with Crippen LogP contribution < -0.4 is 10.4 Å². The van der Waals surface area contributed by atoms with Crippen molar-refractivity contribution in [3.05, 3.63) is 40.2 Å². The molecule has 5 heteroatoms. The fourth-order valence-electron chi connectivity index (χ4n) is 2.48. The molecule has 0 spiro atoms. The summed E-state index contributed by atoms with van der Waals surface area (Å²) in [5, 5.41) is 0.645. The molecule has 0 saturated carbocycles. The number of rotatable bonds is 1. The van der Waals surface area contributed by atoms with E-state index >= 15 is 0 Å². The summed E-state index contributed by atoms with van der Waals surface area (Å²) in [5.41, 5.74) is -1.05. The SMILES string of the molecule is CC1(C)Oc2ccc3ccc(=O)oc3c2C(C=O)C1=O. The van der Waals surface area contributed by atoms with Crippen LogP contribution in [-0.2, 0) is 9.59 Å². The van der Waals surface area contributed by atoms with E-state index in [1.54, 1.807) is 32.0 Å². The summed E-state index contributed by atoms with van der Waals surface area (Å²) in [6.07, 6.45) is 0.567. The Kier molecular flexibility index (Phi) is 2.54. The molecule has 0 saturated heterocycles. The summed E-state index contributed by atoms with van der Waals surface area (Å²) in [7, 11) is 0. The zero-order valence-electron chi connectivity index (χ0n) is 11.0. The molecule has 20 heavy (non-hydrogen) atoms.